The Morgan fingerprint density at radius 1 is 1.11 bits per heavy atom. The maximum Gasteiger partial charge on any atom is 0.253 e. The highest BCUT2D eigenvalue weighted by Crippen LogP contribution is 2.20. The van der Waals surface area contributed by atoms with Gasteiger partial charge < -0.3 is 18.9 Å². The number of benzene rings is 2. The minimum Gasteiger partial charge on any atom is -0.494 e. The number of ether oxygens (including phenoxy) is 2. The van der Waals surface area contributed by atoms with Crippen LogP contribution in [0.1, 0.15) is 17.3 Å². The van der Waals surface area contributed by atoms with Crippen LogP contribution in [0.15, 0.2) is 60.9 Å². The van der Waals surface area contributed by atoms with E-state index in [9.17, 15) is 4.79 Å². The molecule has 146 valence electrons. The Bertz CT molecular complexity index is 919. The van der Waals surface area contributed by atoms with Crippen molar-refractivity contribution in [3.63, 3.8) is 0 Å². The topological polar surface area (TPSA) is 56.6 Å². The van der Waals surface area contributed by atoms with E-state index in [1.165, 1.54) is 0 Å². The molecule has 6 heteroatoms. The lowest BCUT2D eigenvalue weighted by atomic mass is 10.1. The molecule has 0 saturated heterocycles. The van der Waals surface area contributed by atoms with E-state index in [4.69, 9.17) is 9.47 Å². The second-order valence-electron chi connectivity index (χ2n) is 6.42. The van der Waals surface area contributed by atoms with E-state index in [0.717, 1.165) is 22.9 Å². The molecule has 0 aliphatic rings. The molecular weight excluding hydrogens is 354 g/mol. The molecule has 3 aromatic rings. The van der Waals surface area contributed by atoms with Crippen molar-refractivity contribution in [2.45, 2.75) is 6.92 Å². The summed E-state index contributed by atoms with van der Waals surface area (Å²) in [5.41, 5.74) is 1.61. The van der Waals surface area contributed by atoms with Crippen LogP contribution in [-0.2, 0) is 7.05 Å². The van der Waals surface area contributed by atoms with E-state index in [-0.39, 0.29) is 5.91 Å². The fraction of sp³-hybridized carbons (Fsp3) is 0.273. The number of amides is 1. The Balaban J connectivity index is 1.54. The van der Waals surface area contributed by atoms with Crippen molar-refractivity contribution in [1.82, 2.24) is 14.5 Å². The number of aromatic nitrogens is 2. The Hall–Kier alpha value is -3.28. The number of hydrogen-bond acceptors (Lipinski definition) is 4. The number of imidazole rings is 1. The van der Waals surface area contributed by atoms with Crippen LogP contribution in [0.4, 0.5) is 0 Å². The summed E-state index contributed by atoms with van der Waals surface area (Å²) < 4.78 is 13.2. The van der Waals surface area contributed by atoms with Gasteiger partial charge in [-0.25, -0.2) is 4.98 Å². The van der Waals surface area contributed by atoms with Gasteiger partial charge in [-0.15, -0.1) is 0 Å². The number of carbonyl (C=O) groups excluding carboxylic acids is 1. The van der Waals surface area contributed by atoms with Crippen LogP contribution in [-0.4, -0.2) is 47.2 Å². The number of nitrogens with zero attached hydrogens (tertiary/aromatic N) is 3. The first kappa shape index (κ1) is 19.5. The third-order valence-corrected chi connectivity index (χ3v) is 4.37. The average Bonchev–Trinajstić information content (AvgIpc) is 3.14. The summed E-state index contributed by atoms with van der Waals surface area (Å²) in [6.45, 7) is 3.44. The van der Waals surface area contributed by atoms with E-state index in [2.05, 4.69) is 4.98 Å². The molecule has 0 spiro atoms. The van der Waals surface area contributed by atoms with Gasteiger partial charge >= 0.3 is 0 Å². The van der Waals surface area contributed by atoms with Crippen molar-refractivity contribution < 1.29 is 14.3 Å². The van der Waals surface area contributed by atoms with Crippen molar-refractivity contribution in [2.24, 2.45) is 7.05 Å². The van der Waals surface area contributed by atoms with Gasteiger partial charge in [0.15, 0.2) is 0 Å². The summed E-state index contributed by atoms with van der Waals surface area (Å²) in [6.07, 6.45) is 3.65. The lowest BCUT2D eigenvalue weighted by Crippen LogP contribution is -2.30. The lowest BCUT2D eigenvalue weighted by Gasteiger charge is -2.18. The van der Waals surface area contributed by atoms with Crippen LogP contribution in [0.2, 0.25) is 0 Å². The summed E-state index contributed by atoms with van der Waals surface area (Å²) in [5, 5.41) is 0. The molecule has 6 nitrogen and oxygen atoms in total. The van der Waals surface area contributed by atoms with Crippen LogP contribution in [0.25, 0.3) is 11.4 Å². The molecule has 2 aromatic carbocycles. The molecule has 1 amide bonds. The highest BCUT2D eigenvalue weighted by atomic mass is 16.5. The van der Waals surface area contributed by atoms with Gasteiger partial charge in [0, 0.05) is 43.7 Å². The second kappa shape index (κ2) is 9.08. The fourth-order valence-corrected chi connectivity index (χ4v) is 2.85. The molecule has 0 unspecified atom stereocenters. The maximum absolute atomic E-state index is 12.6. The number of carbonyl (C=O) groups is 1. The van der Waals surface area contributed by atoms with Crippen molar-refractivity contribution in [1.29, 1.82) is 0 Å². The normalized spacial score (nSPS) is 10.5. The largest absolute Gasteiger partial charge is 0.494 e. The summed E-state index contributed by atoms with van der Waals surface area (Å²) in [6, 6.07) is 15.0. The maximum atomic E-state index is 12.6. The first-order chi connectivity index (χ1) is 13.6. The molecule has 0 atom stereocenters. The monoisotopic (exact) mass is 379 g/mol. The van der Waals surface area contributed by atoms with E-state index in [1.807, 2.05) is 73.3 Å². The number of hydrogen-bond donors (Lipinski definition) is 0. The molecule has 0 saturated carbocycles. The number of aryl methyl sites for hydroxylation is 1. The smallest absolute Gasteiger partial charge is 0.253 e. The summed E-state index contributed by atoms with van der Waals surface area (Å²) >= 11 is 0. The van der Waals surface area contributed by atoms with E-state index >= 15 is 0 Å². The molecule has 0 aliphatic carbocycles. The molecule has 0 aliphatic heterocycles. The zero-order chi connectivity index (χ0) is 19.9. The Labute approximate surface area is 165 Å². The third kappa shape index (κ3) is 4.71. The standard InChI is InChI=1S/C22H25N3O3/c1-4-27-19-6-5-7-20(16-19)28-15-14-25(3)22(26)18-10-8-17(9-11-18)21-23-12-13-24(21)2/h5-13,16H,4,14-15H2,1-3H3. The first-order valence-electron chi connectivity index (χ1n) is 9.27. The van der Waals surface area contributed by atoms with Crippen molar-refractivity contribution >= 4 is 5.91 Å². The molecular formula is C22H25N3O3. The second-order valence-corrected chi connectivity index (χ2v) is 6.42. The Morgan fingerprint density at radius 3 is 2.46 bits per heavy atom. The van der Waals surface area contributed by atoms with Gasteiger partial charge in [-0.1, -0.05) is 18.2 Å². The predicted octanol–water partition coefficient (Wildman–Crippen LogP) is 3.64. The average molecular weight is 379 g/mol. The van der Waals surface area contributed by atoms with E-state index in [0.29, 0.717) is 25.3 Å². The molecule has 28 heavy (non-hydrogen) atoms. The highest BCUT2D eigenvalue weighted by molar-refractivity contribution is 5.94. The molecule has 0 radical (unpaired) electrons. The van der Waals surface area contributed by atoms with Crippen LogP contribution < -0.4 is 9.47 Å². The Kier molecular flexibility index (Phi) is 6.32. The molecule has 0 N–H and O–H groups in total. The van der Waals surface area contributed by atoms with Gasteiger partial charge in [-0.2, -0.15) is 0 Å². The number of rotatable bonds is 8. The fourth-order valence-electron chi connectivity index (χ4n) is 2.85. The summed E-state index contributed by atoms with van der Waals surface area (Å²) in [7, 11) is 3.72. The Morgan fingerprint density at radius 2 is 1.82 bits per heavy atom. The molecule has 1 heterocycles. The van der Waals surface area contributed by atoms with Crippen LogP contribution in [0.3, 0.4) is 0 Å². The zero-order valence-corrected chi connectivity index (χ0v) is 16.5. The van der Waals surface area contributed by atoms with Gasteiger partial charge in [0.25, 0.3) is 5.91 Å². The minimum absolute atomic E-state index is 0.0435. The van der Waals surface area contributed by atoms with Gasteiger partial charge in [0.2, 0.25) is 0 Å². The highest BCUT2D eigenvalue weighted by Gasteiger charge is 2.12. The number of likely N-dealkylation sites (N-methyl/N-ethyl adjacent to an activating group) is 1. The van der Waals surface area contributed by atoms with Gasteiger partial charge in [-0.05, 0) is 31.2 Å². The quantitative estimate of drug-likeness (QED) is 0.600. The molecule has 0 bridgehead atoms. The van der Waals surface area contributed by atoms with Crippen molar-refractivity contribution in [2.75, 3.05) is 26.8 Å². The van der Waals surface area contributed by atoms with Crippen molar-refractivity contribution in [3.8, 4) is 22.9 Å². The van der Waals surface area contributed by atoms with E-state index < -0.39 is 0 Å². The van der Waals surface area contributed by atoms with Crippen LogP contribution in [0, 0.1) is 0 Å². The molecule has 1 aromatic heterocycles. The zero-order valence-electron chi connectivity index (χ0n) is 16.5. The van der Waals surface area contributed by atoms with Crippen molar-refractivity contribution in [3.05, 3.63) is 66.5 Å². The minimum atomic E-state index is -0.0435. The SMILES string of the molecule is CCOc1cccc(OCCN(C)C(=O)c2ccc(-c3nccn3C)cc2)c1. The van der Waals surface area contributed by atoms with Crippen LogP contribution >= 0.6 is 0 Å². The van der Waals surface area contributed by atoms with Gasteiger partial charge in [0.1, 0.15) is 23.9 Å². The third-order valence-electron chi connectivity index (χ3n) is 4.37. The van der Waals surface area contributed by atoms with Crippen LogP contribution in [0.5, 0.6) is 11.5 Å². The predicted molar refractivity (Wildman–Crippen MR) is 109 cm³/mol. The summed E-state index contributed by atoms with van der Waals surface area (Å²) in [4.78, 5) is 18.6. The van der Waals surface area contributed by atoms with Gasteiger partial charge in [0.05, 0.1) is 13.2 Å². The lowest BCUT2D eigenvalue weighted by molar-refractivity contribution is 0.0773. The first-order valence-corrected chi connectivity index (χ1v) is 9.27. The van der Waals surface area contributed by atoms with Gasteiger partial charge in [-0.3, -0.25) is 4.79 Å². The molecule has 3 rings (SSSR count). The van der Waals surface area contributed by atoms with E-state index in [1.54, 1.807) is 18.1 Å². The molecule has 0 fully saturated rings. The summed E-state index contributed by atoms with van der Waals surface area (Å²) in [5.74, 6) is 2.33.